The van der Waals surface area contributed by atoms with Crippen LogP contribution in [0.15, 0.2) is 170 Å². The first-order chi connectivity index (χ1) is 34.5. The number of carbonyl (C=O) groups is 3. The van der Waals surface area contributed by atoms with Crippen molar-refractivity contribution in [2.24, 2.45) is 0 Å². The maximum absolute atomic E-state index is 12.8. The molecule has 0 aliphatic heterocycles. The van der Waals surface area contributed by atoms with E-state index in [9.17, 15) is 14.4 Å². The summed E-state index contributed by atoms with van der Waals surface area (Å²) in [7, 11) is 0. The van der Waals surface area contributed by atoms with E-state index >= 15 is 0 Å². The zero-order valence-corrected chi connectivity index (χ0v) is 44.2. The van der Waals surface area contributed by atoms with Crippen LogP contribution in [0.3, 0.4) is 0 Å². The average Bonchev–Trinajstić information content (AvgIpc) is 3.36. The Balaban J connectivity index is 4.58. The third kappa shape index (κ3) is 53.7. The Morgan fingerprint density at radius 3 is 1.00 bits per heavy atom. The number of allylic oxidation sites excluding steroid dienone is 28. The monoisotopic (exact) mass is 961 g/mol. The van der Waals surface area contributed by atoms with Crippen molar-refractivity contribution in [1.29, 1.82) is 0 Å². The second-order valence-corrected chi connectivity index (χ2v) is 17.0. The fourth-order valence-electron chi connectivity index (χ4n) is 6.46. The lowest BCUT2D eigenvalue weighted by Gasteiger charge is -2.18. The minimum atomic E-state index is -0.854. The average molecular weight is 961 g/mol. The highest BCUT2D eigenvalue weighted by Crippen LogP contribution is 2.11. The molecule has 70 heavy (non-hydrogen) atoms. The van der Waals surface area contributed by atoms with Gasteiger partial charge in [0, 0.05) is 19.3 Å². The minimum absolute atomic E-state index is 0.140. The molecule has 0 fully saturated rings. The number of hydrogen-bond donors (Lipinski definition) is 0. The van der Waals surface area contributed by atoms with Gasteiger partial charge in [0.05, 0.1) is 0 Å². The molecule has 0 radical (unpaired) electrons. The summed E-state index contributed by atoms with van der Waals surface area (Å²) in [5.41, 5.74) is 0. The number of esters is 3. The van der Waals surface area contributed by atoms with Gasteiger partial charge in [-0.25, -0.2) is 0 Å². The molecule has 388 valence electrons. The molecule has 0 amide bonds. The van der Waals surface area contributed by atoms with Gasteiger partial charge in [0.1, 0.15) is 13.2 Å². The molecule has 6 heteroatoms. The number of hydrogen-bond acceptors (Lipinski definition) is 6. The van der Waals surface area contributed by atoms with Crippen molar-refractivity contribution in [2.45, 2.75) is 200 Å². The van der Waals surface area contributed by atoms with E-state index in [1.807, 2.05) is 12.2 Å². The van der Waals surface area contributed by atoms with E-state index in [0.29, 0.717) is 19.3 Å². The number of ether oxygens (including phenoxy) is 3. The third-order valence-electron chi connectivity index (χ3n) is 10.4. The third-order valence-corrected chi connectivity index (χ3v) is 10.4. The summed E-state index contributed by atoms with van der Waals surface area (Å²) in [4.78, 5) is 38.0. The topological polar surface area (TPSA) is 78.9 Å². The molecule has 0 saturated carbocycles. The molecular weight excluding hydrogens is 865 g/mol. The fraction of sp³-hybridized carbons (Fsp3) is 0.516. The van der Waals surface area contributed by atoms with Crippen molar-refractivity contribution in [3.05, 3.63) is 170 Å². The highest BCUT2D eigenvalue weighted by Gasteiger charge is 2.19. The Hall–Kier alpha value is -5.23. The minimum Gasteiger partial charge on any atom is -0.462 e. The molecule has 0 spiro atoms. The molecule has 0 heterocycles. The molecule has 0 N–H and O–H groups in total. The molecular formula is C64H96O6. The molecule has 0 aromatic heterocycles. The first kappa shape index (κ1) is 64.8. The predicted molar refractivity (Wildman–Crippen MR) is 301 cm³/mol. The highest BCUT2D eigenvalue weighted by molar-refractivity contribution is 5.71. The van der Waals surface area contributed by atoms with Crippen molar-refractivity contribution in [2.75, 3.05) is 13.2 Å². The maximum Gasteiger partial charge on any atom is 0.306 e. The Kier molecular flexibility index (Phi) is 52.1. The van der Waals surface area contributed by atoms with Gasteiger partial charge in [-0.05, 0) is 128 Å². The number of rotatable bonds is 46. The summed E-state index contributed by atoms with van der Waals surface area (Å²) >= 11 is 0. The summed E-state index contributed by atoms with van der Waals surface area (Å²) in [6, 6.07) is 0. The molecule has 0 rings (SSSR count). The van der Waals surface area contributed by atoms with Gasteiger partial charge in [-0.15, -0.1) is 0 Å². The molecule has 0 aromatic carbocycles. The zero-order valence-electron chi connectivity index (χ0n) is 44.2. The summed E-state index contributed by atoms with van der Waals surface area (Å²) < 4.78 is 16.7. The van der Waals surface area contributed by atoms with Gasteiger partial charge in [-0.1, -0.05) is 217 Å². The van der Waals surface area contributed by atoms with Crippen LogP contribution in [0.4, 0.5) is 0 Å². The zero-order chi connectivity index (χ0) is 50.7. The van der Waals surface area contributed by atoms with Crippen LogP contribution in [-0.4, -0.2) is 37.2 Å². The molecule has 0 aliphatic carbocycles. The second-order valence-electron chi connectivity index (χ2n) is 17.0. The van der Waals surface area contributed by atoms with E-state index in [0.717, 1.165) is 135 Å². The van der Waals surface area contributed by atoms with E-state index in [1.54, 1.807) is 0 Å². The maximum atomic E-state index is 12.8. The summed E-state index contributed by atoms with van der Waals surface area (Å²) in [6.07, 6.45) is 83.6. The lowest BCUT2D eigenvalue weighted by Crippen LogP contribution is -2.30. The van der Waals surface area contributed by atoms with Crippen LogP contribution < -0.4 is 0 Å². The SMILES string of the molecule is CC/C=C\C/C=C\C/C=C\C/C=C\C/C=C\C/C=C\C/C=C\CCCC(=O)OCC(COC(=O)CCCCCCC/C=C\CCC)OC(=O)CC/C=C\C/C=C\C/C=C\C/C=C\C/C=C\C/C=C\CC. The van der Waals surface area contributed by atoms with Crippen molar-refractivity contribution in [1.82, 2.24) is 0 Å². The molecule has 6 nitrogen and oxygen atoms in total. The summed E-state index contributed by atoms with van der Waals surface area (Å²) in [5.74, 6) is -1.11. The Morgan fingerprint density at radius 1 is 0.300 bits per heavy atom. The lowest BCUT2D eigenvalue weighted by atomic mass is 10.1. The molecule has 0 aromatic rings. The molecule has 0 aliphatic rings. The van der Waals surface area contributed by atoms with E-state index in [4.69, 9.17) is 14.2 Å². The molecule has 1 unspecified atom stereocenters. The highest BCUT2D eigenvalue weighted by atomic mass is 16.6. The lowest BCUT2D eigenvalue weighted by molar-refractivity contribution is -0.166. The van der Waals surface area contributed by atoms with Crippen LogP contribution in [-0.2, 0) is 28.6 Å². The van der Waals surface area contributed by atoms with Gasteiger partial charge < -0.3 is 14.2 Å². The van der Waals surface area contributed by atoms with Gasteiger partial charge >= 0.3 is 17.9 Å². The van der Waals surface area contributed by atoms with Crippen LogP contribution in [0.5, 0.6) is 0 Å². The standard InChI is InChI=1S/C64H96O6/c1-4-7-10-13-16-19-22-24-26-28-30-31-32-33-35-36-38-40-42-45-48-51-54-57-63(66)69-60-61(59-68-62(65)56-53-50-47-44-21-18-15-12-9-6-3)70-64(67)58-55-52-49-46-43-41-39-37-34-29-27-25-23-20-17-14-11-8-5-2/h7-8,10-12,15-17,19-20,24-27,30-31,33-35,37-38,40-41,43,45,48-49,52,61H,4-6,9,13-14,18,21-23,28-29,32,36,39,42,44,46-47,50-51,53-60H2,1-3H3/b10-7-,11-8-,15-12-,19-16-,20-17-,26-24-,27-25-,31-30-,35-33-,37-34-,40-38-,43-41-,48-45-,52-49-. The van der Waals surface area contributed by atoms with Crippen LogP contribution >= 0.6 is 0 Å². The van der Waals surface area contributed by atoms with Crippen LogP contribution in [0.25, 0.3) is 0 Å². The quantitative estimate of drug-likeness (QED) is 0.0262. The van der Waals surface area contributed by atoms with Gasteiger partial charge in [-0.2, -0.15) is 0 Å². The largest absolute Gasteiger partial charge is 0.462 e. The predicted octanol–water partition coefficient (Wildman–Crippen LogP) is 18.4. The normalized spacial score (nSPS) is 13.5. The Morgan fingerprint density at radius 2 is 0.600 bits per heavy atom. The van der Waals surface area contributed by atoms with Crippen molar-refractivity contribution < 1.29 is 28.6 Å². The van der Waals surface area contributed by atoms with Gasteiger partial charge in [0.15, 0.2) is 6.10 Å². The summed E-state index contributed by atoms with van der Waals surface area (Å²) in [6.45, 7) is 6.20. The molecule has 1 atom stereocenters. The fourth-order valence-corrected chi connectivity index (χ4v) is 6.46. The molecule has 0 saturated heterocycles. The second kappa shape index (κ2) is 56.4. The Labute approximate surface area is 428 Å². The van der Waals surface area contributed by atoms with E-state index in [2.05, 4.69) is 179 Å². The van der Waals surface area contributed by atoms with Crippen LogP contribution in [0.1, 0.15) is 194 Å². The molecule has 0 bridgehead atoms. The van der Waals surface area contributed by atoms with Gasteiger partial charge in [0.2, 0.25) is 0 Å². The number of unbranched alkanes of at least 4 members (excludes halogenated alkanes) is 7. The van der Waals surface area contributed by atoms with Crippen molar-refractivity contribution in [3.8, 4) is 0 Å². The van der Waals surface area contributed by atoms with Crippen LogP contribution in [0.2, 0.25) is 0 Å². The Bertz CT molecular complexity index is 1670. The van der Waals surface area contributed by atoms with E-state index in [-0.39, 0.29) is 38.0 Å². The van der Waals surface area contributed by atoms with E-state index in [1.165, 1.54) is 6.42 Å². The van der Waals surface area contributed by atoms with E-state index < -0.39 is 12.1 Å². The van der Waals surface area contributed by atoms with Crippen LogP contribution in [0, 0.1) is 0 Å². The first-order valence-electron chi connectivity index (χ1n) is 27.1. The smallest absolute Gasteiger partial charge is 0.306 e. The summed E-state index contributed by atoms with van der Waals surface area (Å²) in [5, 5.41) is 0. The van der Waals surface area contributed by atoms with Gasteiger partial charge in [-0.3, -0.25) is 14.4 Å². The van der Waals surface area contributed by atoms with Crippen molar-refractivity contribution >= 4 is 17.9 Å². The number of carbonyl (C=O) groups excluding carboxylic acids is 3. The van der Waals surface area contributed by atoms with Crippen molar-refractivity contribution in [3.63, 3.8) is 0 Å². The van der Waals surface area contributed by atoms with Gasteiger partial charge in [0.25, 0.3) is 0 Å². The first-order valence-corrected chi connectivity index (χ1v) is 27.1.